The Kier molecular flexibility index (Phi) is 5.35. The van der Waals surface area contributed by atoms with Gasteiger partial charge in [0.2, 0.25) is 15.9 Å². The van der Waals surface area contributed by atoms with Gasteiger partial charge in [-0.05, 0) is 29.7 Å². The monoisotopic (exact) mass is 369 g/mol. The molecule has 1 amide bonds. The molecule has 0 atom stereocenters. The summed E-state index contributed by atoms with van der Waals surface area (Å²) in [7, 11) is -3.82. The quantitative estimate of drug-likeness (QED) is 0.870. The van der Waals surface area contributed by atoms with Gasteiger partial charge in [-0.3, -0.25) is 4.79 Å². The summed E-state index contributed by atoms with van der Waals surface area (Å²) >= 11 is 0. The Morgan fingerprint density at radius 3 is 2.58 bits per heavy atom. The number of fused-ring (bicyclic) bond motifs is 1. The smallest absolute Gasteiger partial charge is 0.241 e. The van der Waals surface area contributed by atoms with Crippen LogP contribution in [0.25, 0.3) is 0 Å². The second kappa shape index (κ2) is 7.68. The highest BCUT2D eigenvalue weighted by atomic mass is 32.2. The molecular weight excluding hydrogens is 350 g/mol. The molecule has 6 nitrogen and oxygen atoms in total. The SMILES string of the molecule is N#Cc1ccccc1S(=O)(=O)NCCC(=O)N1CCc2ccccc2C1. The Bertz CT molecular complexity index is 964. The maximum absolute atomic E-state index is 12.4. The minimum atomic E-state index is -3.82. The molecule has 0 aliphatic carbocycles. The summed E-state index contributed by atoms with van der Waals surface area (Å²) in [6.07, 6.45) is 0.888. The molecule has 0 saturated carbocycles. The molecule has 26 heavy (non-hydrogen) atoms. The minimum absolute atomic E-state index is 0.000916. The van der Waals surface area contributed by atoms with Crippen molar-refractivity contribution < 1.29 is 13.2 Å². The summed E-state index contributed by atoms with van der Waals surface area (Å²) in [6, 6.07) is 15.9. The van der Waals surface area contributed by atoms with E-state index in [1.807, 2.05) is 24.3 Å². The van der Waals surface area contributed by atoms with Crippen LogP contribution >= 0.6 is 0 Å². The van der Waals surface area contributed by atoms with Crippen molar-refractivity contribution in [2.75, 3.05) is 13.1 Å². The van der Waals surface area contributed by atoms with E-state index in [1.165, 1.54) is 17.7 Å². The Morgan fingerprint density at radius 1 is 1.12 bits per heavy atom. The summed E-state index contributed by atoms with van der Waals surface area (Å²) < 4.78 is 27.1. The molecule has 0 radical (unpaired) electrons. The van der Waals surface area contributed by atoms with E-state index in [2.05, 4.69) is 10.8 Å². The summed E-state index contributed by atoms with van der Waals surface area (Å²) in [5, 5.41) is 9.04. The Morgan fingerprint density at radius 2 is 1.81 bits per heavy atom. The predicted molar refractivity (Wildman–Crippen MR) is 96.5 cm³/mol. The lowest BCUT2D eigenvalue weighted by molar-refractivity contribution is -0.131. The number of hydrogen-bond acceptors (Lipinski definition) is 4. The molecule has 7 heteroatoms. The average Bonchev–Trinajstić information content (AvgIpc) is 2.67. The molecular formula is C19H19N3O3S. The van der Waals surface area contributed by atoms with Crippen molar-refractivity contribution >= 4 is 15.9 Å². The number of rotatable bonds is 5. The van der Waals surface area contributed by atoms with Crippen LogP contribution in [0.4, 0.5) is 0 Å². The van der Waals surface area contributed by atoms with Gasteiger partial charge in [-0.25, -0.2) is 13.1 Å². The first-order valence-corrected chi connectivity index (χ1v) is 9.83. The zero-order chi connectivity index (χ0) is 18.6. The van der Waals surface area contributed by atoms with Gasteiger partial charge < -0.3 is 4.90 Å². The molecule has 1 N–H and O–H groups in total. The number of carbonyl (C=O) groups excluding carboxylic acids is 1. The van der Waals surface area contributed by atoms with Crippen LogP contribution in [0.15, 0.2) is 53.4 Å². The second-order valence-corrected chi connectivity index (χ2v) is 7.83. The van der Waals surface area contributed by atoms with Crippen LogP contribution in [-0.2, 0) is 27.8 Å². The molecule has 0 bridgehead atoms. The van der Waals surface area contributed by atoms with E-state index in [9.17, 15) is 13.2 Å². The topological polar surface area (TPSA) is 90.3 Å². The number of benzene rings is 2. The summed E-state index contributed by atoms with van der Waals surface area (Å²) in [4.78, 5) is 14.1. The molecule has 0 fully saturated rings. The van der Waals surface area contributed by atoms with Crippen LogP contribution in [0.3, 0.4) is 0 Å². The third-order valence-electron chi connectivity index (χ3n) is 4.41. The van der Waals surface area contributed by atoms with Gasteiger partial charge >= 0.3 is 0 Å². The molecule has 1 aliphatic heterocycles. The van der Waals surface area contributed by atoms with Gasteiger partial charge in [0.05, 0.1) is 10.5 Å². The first kappa shape index (κ1) is 18.1. The number of amides is 1. The lowest BCUT2D eigenvalue weighted by Crippen LogP contribution is -2.38. The fraction of sp³-hybridized carbons (Fsp3) is 0.263. The van der Waals surface area contributed by atoms with Crippen molar-refractivity contribution in [2.24, 2.45) is 0 Å². The number of nitrogens with one attached hydrogen (secondary N) is 1. The first-order valence-electron chi connectivity index (χ1n) is 8.34. The standard InChI is InChI=1S/C19H19N3O3S/c20-13-16-6-3-4-8-18(16)26(24,25)21-11-9-19(23)22-12-10-15-5-1-2-7-17(15)14-22/h1-8,21H,9-12,14H2. The Hall–Kier alpha value is -2.69. The number of nitrogens with zero attached hydrogens (tertiary/aromatic N) is 2. The van der Waals surface area contributed by atoms with Crippen LogP contribution < -0.4 is 4.72 Å². The highest BCUT2D eigenvalue weighted by Gasteiger charge is 2.22. The molecule has 0 unspecified atom stereocenters. The van der Waals surface area contributed by atoms with Crippen molar-refractivity contribution in [3.05, 3.63) is 65.2 Å². The predicted octanol–water partition coefficient (Wildman–Crippen LogP) is 1.81. The molecule has 1 aliphatic rings. The highest BCUT2D eigenvalue weighted by molar-refractivity contribution is 7.89. The largest absolute Gasteiger partial charge is 0.338 e. The summed E-state index contributed by atoms with van der Waals surface area (Å²) in [6.45, 7) is 1.19. The fourth-order valence-corrected chi connectivity index (χ4v) is 4.22. The third-order valence-corrected chi connectivity index (χ3v) is 5.93. The van der Waals surface area contributed by atoms with Crippen molar-refractivity contribution in [1.29, 1.82) is 5.26 Å². The lowest BCUT2D eigenvalue weighted by Gasteiger charge is -2.29. The van der Waals surface area contributed by atoms with Gasteiger partial charge in [0.25, 0.3) is 0 Å². The van der Waals surface area contributed by atoms with Crippen molar-refractivity contribution in [2.45, 2.75) is 24.3 Å². The van der Waals surface area contributed by atoms with E-state index < -0.39 is 10.0 Å². The van der Waals surface area contributed by atoms with E-state index in [0.29, 0.717) is 13.1 Å². The highest BCUT2D eigenvalue weighted by Crippen LogP contribution is 2.19. The van der Waals surface area contributed by atoms with Crippen LogP contribution in [0.1, 0.15) is 23.1 Å². The molecule has 0 spiro atoms. The van der Waals surface area contributed by atoms with Crippen LogP contribution in [0.5, 0.6) is 0 Å². The van der Waals surface area contributed by atoms with Gasteiger partial charge in [-0.2, -0.15) is 5.26 Å². The molecule has 134 valence electrons. The van der Waals surface area contributed by atoms with Crippen LogP contribution in [0, 0.1) is 11.3 Å². The van der Waals surface area contributed by atoms with Gasteiger partial charge in [-0.1, -0.05) is 36.4 Å². The van der Waals surface area contributed by atoms with Gasteiger partial charge in [0, 0.05) is 26.1 Å². The third kappa shape index (κ3) is 3.93. The van der Waals surface area contributed by atoms with Crippen molar-refractivity contribution in [1.82, 2.24) is 9.62 Å². The maximum atomic E-state index is 12.4. The Labute approximate surface area is 153 Å². The number of hydrogen-bond donors (Lipinski definition) is 1. The molecule has 3 rings (SSSR count). The lowest BCUT2D eigenvalue weighted by atomic mass is 10.00. The minimum Gasteiger partial charge on any atom is -0.338 e. The second-order valence-electron chi connectivity index (χ2n) is 6.09. The number of nitriles is 1. The van der Waals surface area contributed by atoms with Crippen LogP contribution in [-0.4, -0.2) is 32.3 Å². The van der Waals surface area contributed by atoms with E-state index in [-0.39, 0.29) is 29.3 Å². The fourth-order valence-electron chi connectivity index (χ4n) is 3.03. The average molecular weight is 369 g/mol. The van der Waals surface area contributed by atoms with Crippen molar-refractivity contribution in [3.8, 4) is 6.07 Å². The van der Waals surface area contributed by atoms with Crippen molar-refractivity contribution in [3.63, 3.8) is 0 Å². The van der Waals surface area contributed by atoms with Crippen LogP contribution in [0.2, 0.25) is 0 Å². The normalized spacial score (nSPS) is 13.7. The number of sulfonamides is 1. The van der Waals surface area contributed by atoms with E-state index in [4.69, 9.17) is 5.26 Å². The summed E-state index contributed by atoms with van der Waals surface area (Å²) in [5.74, 6) is -0.0872. The van der Waals surface area contributed by atoms with Gasteiger partial charge in [0.1, 0.15) is 6.07 Å². The molecule has 0 aromatic heterocycles. The Balaban J connectivity index is 1.58. The van der Waals surface area contributed by atoms with Gasteiger partial charge in [0.15, 0.2) is 0 Å². The molecule has 1 heterocycles. The first-order chi connectivity index (χ1) is 12.5. The zero-order valence-corrected chi connectivity index (χ0v) is 15.0. The zero-order valence-electron chi connectivity index (χ0n) is 14.2. The summed E-state index contributed by atoms with van der Waals surface area (Å²) in [5.41, 5.74) is 2.47. The number of carbonyl (C=O) groups is 1. The maximum Gasteiger partial charge on any atom is 0.241 e. The molecule has 2 aromatic carbocycles. The van der Waals surface area contributed by atoms with E-state index in [0.717, 1.165) is 12.0 Å². The van der Waals surface area contributed by atoms with Gasteiger partial charge in [-0.15, -0.1) is 0 Å². The molecule has 0 saturated heterocycles. The van der Waals surface area contributed by atoms with E-state index in [1.54, 1.807) is 17.0 Å². The molecule has 2 aromatic rings. The van der Waals surface area contributed by atoms with E-state index >= 15 is 0 Å².